The maximum Gasteiger partial charge on any atom is 0.223 e. The topological polar surface area (TPSA) is 49.8 Å². The molecule has 1 aromatic rings. The summed E-state index contributed by atoms with van der Waals surface area (Å²) in [5.74, 6) is 1.24. The van der Waals surface area contributed by atoms with Gasteiger partial charge in [0.15, 0.2) is 0 Å². The Hall–Kier alpha value is -1.16. The Bertz CT molecular complexity index is 345. The van der Waals surface area contributed by atoms with Crippen molar-refractivity contribution in [2.45, 2.75) is 46.6 Å². The van der Waals surface area contributed by atoms with Gasteiger partial charge in [-0.2, -0.15) is 0 Å². The zero-order chi connectivity index (χ0) is 12.8. The van der Waals surface area contributed by atoms with E-state index in [1.165, 1.54) is 5.56 Å². The summed E-state index contributed by atoms with van der Waals surface area (Å²) in [5.41, 5.74) is 2.31. The lowest BCUT2D eigenvalue weighted by molar-refractivity contribution is 0.469. The van der Waals surface area contributed by atoms with Gasteiger partial charge < -0.3 is 10.6 Å². The van der Waals surface area contributed by atoms with E-state index in [0.29, 0.717) is 12.0 Å². The number of aryl methyl sites for hydroxylation is 1. The molecule has 2 rings (SSSR count). The van der Waals surface area contributed by atoms with E-state index in [0.717, 1.165) is 24.7 Å². The zero-order valence-corrected chi connectivity index (χ0v) is 11.5. The third-order valence-corrected chi connectivity index (χ3v) is 2.75. The number of nitrogens with one attached hydrogen (secondary N) is 2. The van der Waals surface area contributed by atoms with Crippen LogP contribution in [0.15, 0.2) is 6.20 Å². The fraction of sp³-hybridized carbons (Fsp3) is 0.692. The molecular weight excluding hydrogens is 212 g/mol. The number of hydrogen-bond acceptors (Lipinski definition) is 4. The number of nitrogens with zero attached hydrogens (tertiary/aromatic N) is 2. The van der Waals surface area contributed by atoms with Gasteiger partial charge in [-0.05, 0) is 18.4 Å². The predicted octanol–water partition coefficient (Wildman–Crippen LogP) is 2.32. The van der Waals surface area contributed by atoms with Crippen LogP contribution in [0.1, 0.15) is 44.9 Å². The molecule has 1 aromatic heterocycles. The van der Waals surface area contributed by atoms with Gasteiger partial charge in [-0.1, -0.05) is 27.7 Å². The molecule has 4 heteroatoms. The first-order valence-corrected chi connectivity index (χ1v) is 6.47. The second-order valence-corrected chi connectivity index (χ2v) is 4.39. The van der Waals surface area contributed by atoms with Gasteiger partial charge in [0.25, 0.3) is 0 Å². The average Bonchev–Trinajstić information content (AvgIpc) is 2.26. The van der Waals surface area contributed by atoms with Crippen LogP contribution in [0.5, 0.6) is 0 Å². The van der Waals surface area contributed by atoms with Crippen LogP contribution in [0, 0.1) is 6.92 Å². The molecule has 0 spiro atoms. The van der Waals surface area contributed by atoms with Gasteiger partial charge in [-0.25, -0.2) is 9.97 Å². The monoisotopic (exact) mass is 236 g/mol. The Morgan fingerprint density at radius 2 is 2.00 bits per heavy atom. The normalized spacial score (nSPS) is 14.9. The van der Waals surface area contributed by atoms with Gasteiger partial charge in [-0.3, -0.25) is 0 Å². The summed E-state index contributed by atoms with van der Waals surface area (Å²) in [6, 6.07) is 0.495. The van der Waals surface area contributed by atoms with Crippen LogP contribution in [0.3, 0.4) is 0 Å². The van der Waals surface area contributed by atoms with Gasteiger partial charge in [0, 0.05) is 25.0 Å². The van der Waals surface area contributed by atoms with Gasteiger partial charge in [0.1, 0.15) is 0 Å². The van der Waals surface area contributed by atoms with E-state index in [-0.39, 0.29) is 0 Å². The van der Waals surface area contributed by atoms with Crippen LogP contribution in [-0.4, -0.2) is 29.1 Å². The first-order valence-electron chi connectivity index (χ1n) is 6.47. The van der Waals surface area contributed by atoms with E-state index >= 15 is 0 Å². The number of aromatic nitrogens is 2. The molecule has 0 amide bonds. The molecule has 0 aromatic carbocycles. The second-order valence-electron chi connectivity index (χ2n) is 4.39. The lowest BCUT2D eigenvalue weighted by Crippen LogP contribution is -2.51. The van der Waals surface area contributed by atoms with Crippen molar-refractivity contribution in [3.05, 3.63) is 17.5 Å². The highest BCUT2D eigenvalue weighted by atomic mass is 15.2. The highest BCUT2D eigenvalue weighted by Crippen LogP contribution is 2.17. The van der Waals surface area contributed by atoms with Crippen molar-refractivity contribution in [3.8, 4) is 0 Å². The third kappa shape index (κ3) is 3.66. The first-order chi connectivity index (χ1) is 8.16. The molecule has 1 aliphatic heterocycles. The molecule has 2 N–H and O–H groups in total. The van der Waals surface area contributed by atoms with Crippen molar-refractivity contribution in [1.29, 1.82) is 0 Å². The Balaban J connectivity index is 0.000000686. The molecule has 0 radical (unpaired) electrons. The summed E-state index contributed by atoms with van der Waals surface area (Å²) in [7, 11) is 0. The maximum atomic E-state index is 4.47. The molecule has 0 atom stereocenters. The molecule has 17 heavy (non-hydrogen) atoms. The molecule has 1 aliphatic rings. The first kappa shape index (κ1) is 13.9. The average molecular weight is 236 g/mol. The highest BCUT2D eigenvalue weighted by molar-refractivity contribution is 5.32. The van der Waals surface area contributed by atoms with E-state index in [1.807, 2.05) is 27.0 Å². The standard InChI is InChI=1S/C11H18N4.C2H6/c1-7(2)10-6-13-11(14-8(10)3)15-9-4-12-5-9;1-2/h6-7,9,12H,4-5H2,1-3H3,(H,13,14,15);1-2H3. The van der Waals surface area contributed by atoms with Gasteiger partial charge in [0.05, 0.1) is 6.04 Å². The Kier molecular flexibility index (Phi) is 5.35. The van der Waals surface area contributed by atoms with Crippen LogP contribution < -0.4 is 10.6 Å². The van der Waals surface area contributed by atoms with Crippen molar-refractivity contribution in [2.24, 2.45) is 0 Å². The minimum atomic E-state index is 0.490. The summed E-state index contributed by atoms with van der Waals surface area (Å²) >= 11 is 0. The van der Waals surface area contributed by atoms with Crippen LogP contribution in [0.2, 0.25) is 0 Å². The Labute approximate surface area is 104 Å². The van der Waals surface area contributed by atoms with E-state index < -0.39 is 0 Å². The minimum Gasteiger partial charge on any atom is -0.349 e. The number of anilines is 1. The van der Waals surface area contributed by atoms with Gasteiger partial charge >= 0.3 is 0 Å². The smallest absolute Gasteiger partial charge is 0.223 e. The summed E-state index contributed by atoms with van der Waals surface area (Å²) in [6.45, 7) is 12.4. The summed E-state index contributed by atoms with van der Waals surface area (Å²) < 4.78 is 0. The van der Waals surface area contributed by atoms with Gasteiger partial charge in [0.2, 0.25) is 5.95 Å². The van der Waals surface area contributed by atoms with Crippen molar-refractivity contribution in [3.63, 3.8) is 0 Å². The molecule has 4 nitrogen and oxygen atoms in total. The van der Waals surface area contributed by atoms with E-state index in [9.17, 15) is 0 Å². The number of hydrogen-bond donors (Lipinski definition) is 2. The molecule has 0 bridgehead atoms. The van der Waals surface area contributed by atoms with Crippen LogP contribution in [0.4, 0.5) is 5.95 Å². The Morgan fingerprint density at radius 3 is 2.41 bits per heavy atom. The summed E-state index contributed by atoms with van der Waals surface area (Å²) in [6.07, 6.45) is 1.93. The molecule has 0 unspecified atom stereocenters. The van der Waals surface area contributed by atoms with E-state index in [4.69, 9.17) is 0 Å². The second kappa shape index (κ2) is 6.55. The van der Waals surface area contributed by atoms with Crippen molar-refractivity contribution >= 4 is 5.95 Å². The Morgan fingerprint density at radius 1 is 1.35 bits per heavy atom. The van der Waals surface area contributed by atoms with Crippen LogP contribution in [-0.2, 0) is 0 Å². The van der Waals surface area contributed by atoms with Crippen LogP contribution in [0.25, 0.3) is 0 Å². The van der Waals surface area contributed by atoms with E-state index in [2.05, 4.69) is 34.4 Å². The van der Waals surface area contributed by atoms with Crippen molar-refractivity contribution < 1.29 is 0 Å². The predicted molar refractivity (Wildman–Crippen MR) is 72.5 cm³/mol. The van der Waals surface area contributed by atoms with Crippen LogP contribution >= 0.6 is 0 Å². The van der Waals surface area contributed by atoms with Gasteiger partial charge in [-0.15, -0.1) is 0 Å². The summed E-state index contributed by atoms with van der Waals surface area (Å²) in [4.78, 5) is 8.80. The number of rotatable bonds is 3. The zero-order valence-electron chi connectivity index (χ0n) is 11.5. The fourth-order valence-corrected chi connectivity index (χ4v) is 1.69. The molecule has 1 saturated heterocycles. The highest BCUT2D eigenvalue weighted by Gasteiger charge is 2.17. The third-order valence-electron chi connectivity index (χ3n) is 2.75. The lowest BCUT2D eigenvalue weighted by Gasteiger charge is -2.28. The maximum absolute atomic E-state index is 4.47. The fourth-order valence-electron chi connectivity index (χ4n) is 1.69. The molecule has 1 fully saturated rings. The quantitative estimate of drug-likeness (QED) is 0.845. The van der Waals surface area contributed by atoms with Crippen molar-refractivity contribution in [1.82, 2.24) is 15.3 Å². The van der Waals surface area contributed by atoms with Crippen molar-refractivity contribution in [2.75, 3.05) is 18.4 Å². The summed E-state index contributed by atoms with van der Waals surface area (Å²) in [5, 5.41) is 6.51. The molecular formula is C13H24N4. The minimum absolute atomic E-state index is 0.490. The molecule has 0 saturated carbocycles. The molecule has 2 heterocycles. The SMILES string of the molecule is CC.Cc1nc(NC2CNC2)ncc1C(C)C. The molecule has 0 aliphatic carbocycles. The largest absolute Gasteiger partial charge is 0.349 e. The molecule has 96 valence electrons. The van der Waals surface area contributed by atoms with E-state index in [1.54, 1.807) is 0 Å². The lowest BCUT2D eigenvalue weighted by atomic mass is 10.0.